The molecule has 0 aliphatic carbocycles. The van der Waals surface area contributed by atoms with Crippen LogP contribution in [0.4, 0.5) is 5.69 Å². The molecule has 3 heterocycles. The Bertz CT molecular complexity index is 3660. The van der Waals surface area contributed by atoms with Crippen LogP contribution in [0.1, 0.15) is 101 Å². The molecule has 0 unspecified atom stereocenters. The molecule has 1 fully saturated rings. The van der Waals surface area contributed by atoms with Crippen LogP contribution in [0.2, 0.25) is 0 Å². The fourth-order valence-electron chi connectivity index (χ4n) is 12.2. The van der Waals surface area contributed by atoms with Crippen LogP contribution in [0, 0.1) is 23.7 Å². The van der Waals surface area contributed by atoms with Gasteiger partial charge in [-0.2, -0.15) is 0 Å². The predicted molar refractivity (Wildman–Crippen MR) is 387 cm³/mol. The number of benzene rings is 2. The van der Waals surface area contributed by atoms with Gasteiger partial charge in [0.15, 0.2) is 0 Å². The van der Waals surface area contributed by atoms with Crippen molar-refractivity contribution in [3.8, 4) is 0 Å². The molecular weight excluding hydrogens is 1330 g/mol. The summed E-state index contributed by atoms with van der Waals surface area (Å²) in [5, 5.41) is 24.5. The number of likely N-dealkylation sites (tertiary alicyclic amines) is 1. The maximum atomic E-state index is 14.5. The molecule has 1 saturated heterocycles. The third-order valence-electron chi connectivity index (χ3n) is 17.7. The van der Waals surface area contributed by atoms with Gasteiger partial charge in [-0.15, -0.1) is 23.5 Å². The third-order valence-corrected chi connectivity index (χ3v) is 19.7. The zero-order valence-corrected chi connectivity index (χ0v) is 61.3. The van der Waals surface area contributed by atoms with Crippen molar-refractivity contribution < 1.29 is 57.4 Å². The number of ether oxygens (including phenoxy) is 2. The van der Waals surface area contributed by atoms with Crippen LogP contribution >= 0.6 is 23.5 Å². The third kappa shape index (κ3) is 24.7. The molecule has 9 atom stereocenters. The number of nitrogens with one attached hydrogen (secondary N) is 8. The highest BCUT2D eigenvalue weighted by atomic mass is 32.2. The molecule has 3 aromatic carbocycles. The van der Waals surface area contributed by atoms with E-state index in [-0.39, 0.29) is 60.4 Å². The largest absolute Gasteiger partial charge is 0.379 e. The molecule has 546 valence electrons. The lowest BCUT2D eigenvalue weighted by Gasteiger charge is -2.41. The highest BCUT2D eigenvalue weighted by Crippen LogP contribution is 2.34. The second-order valence-corrected chi connectivity index (χ2v) is 28.1. The van der Waals surface area contributed by atoms with Gasteiger partial charge in [0.2, 0.25) is 53.2 Å². The first-order chi connectivity index (χ1) is 48.2. The van der Waals surface area contributed by atoms with Crippen LogP contribution in [0.3, 0.4) is 0 Å². The predicted octanol–water partition coefficient (Wildman–Crippen LogP) is 5.47. The first-order valence-corrected chi connectivity index (χ1v) is 35.8. The number of carbonyl (C=O) groups is 10. The summed E-state index contributed by atoms with van der Waals surface area (Å²) < 4.78 is 12.1. The van der Waals surface area contributed by atoms with E-state index in [1.165, 1.54) is 14.2 Å². The van der Waals surface area contributed by atoms with E-state index in [4.69, 9.17) is 19.4 Å². The lowest BCUT2D eigenvalue weighted by atomic mass is 9.89. The number of hydrogen-bond acceptors (Lipinski definition) is 18. The summed E-state index contributed by atoms with van der Waals surface area (Å²) in [5.41, 5.74) is 13.4. The fourth-order valence-corrected chi connectivity index (χ4v) is 14.1. The Labute approximate surface area is 599 Å². The second kappa shape index (κ2) is 40.5. The molecule has 28 nitrogen and oxygen atoms in total. The Morgan fingerprint density at radius 2 is 1.24 bits per heavy atom. The molecular formula is C71H98N16O12S2. The number of hydrogen-bond donors (Lipinski definition) is 8. The van der Waals surface area contributed by atoms with Crippen LogP contribution in [0.15, 0.2) is 106 Å². The van der Waals surface area contributed by atoms with Crippen molar-refractivity contribution in [3.63, 3.8) is 0 Å². The van der Waals surface area contributed by atoms with Gasteiger partial charge in [-0.25, -0.2) is 9.97 Å². The van der Waals surface area contributed by atoms with Crippen molar-refractivity contribution in [1.29, 1.82) is 0 Å². The SMILES string of the molecule is CC[C@H](C)[C@@H]([C@@H](CC(=O)N1CCC[C@H]1[C@H](OC)[C@@H](C)C(=O)N[C@H](CN=[N+]=[N-])Cc1ccc(NC(=O)CNC(=O)CNC(=O)CNC(=O)CNC(=O)CNC(=O)c2ccc3nc4c(nc3c2)CSc2cccccccc(c2)SC4)cc1)OC)N(C)C(=O)[C@@H](NC(=O)[C@H](C(C)C)N(C)C)C(C)C. The number of likely N-dealkylation sites (N-methyl/N-ethyl adjacent to an activating group) is 2. The number of azide groups is 1. The summed E-state index contributed by atoms with van der Waals surface area (Å²) in [4.78, 5) is 153. The van der Waals surface area contributed by atoms with Crippen molar-refractivity contribution in [2.75, 3.05) is 86.5 Å². The lowest BCUT2D eigenvalue weighted by Crippen LogP contribution is -2.59. The number of amides is 10. The molecule has 0 spiro atoms. The van der Waals surface area contributed by atoms with Crippen LogP contribution in [-0.4, -0.2) is 207 Å². The van der Waals surface area contributed by atoms with Crippen molar-refractivity contribution in [3.05, 3.63) is 124 Å². The minimum absolute atomic E-state index is 0.00510. The van der Waals surface area contributed by atoms with Gasteiger partial charge in [0.25, 0.3) is 5.91 Å². The van der Waals surface area contributed by atoms with Crippen LogP contribution in [0.5, 0.6) is 0 Å². The van der Waals surface area contributed by atoms with Crippen molar-refractivity contribution in [1.82, 2.24) is 61.9 Å². The smallest absolute Gasteiger partial charge is 0.251 e. The first kappa shape index (κ1) is 81.0. The minimum atomic E-state index is -0.828. The molecule has 101 heavy (non-hydrogen) atoms. The topological polar surface area (TPSA) is 370 Å². The normalized spacial score (nSPS) is 15.7. The van der Waals surface area contributed by atoms with E-state index >= 15 is 0 Å². The Morgan fingerprint density at radius 3 is 1.77 bits per heavy atom. The number of anilines is 1. The molecule has 1 aromatic heterocycles. The molecule has 6 rings (SSSR count). The monoisotopic (exact) mass is 1430 g/mol. The fraction of sp³-hybridized carbons (Fsp3) is 0.521. The maximum Gasteiger partial charge on any atom is 0.251 e. The van der Waals surface area contributed by atoms with Gasteiger partial charge < -0.3 is 61.8 Å². The Morgan fingerprint density at radius 1 is 0.673 bits per heavy atom. The Kier molecular flexibility index (Phi) is 32.5. The zero-order chi connectivity index (χ0) is 73.9. The van der Waals surface area contributed by atoms with E-state index in [0.717, 1.165) is 26.7 Å². The molecule has 2 bridgehead atoms. The number of rotatable bonds is 34. The van der Waals surface area contributed by atoms with E-state index < -0.39 is 122 Å². The number of thioether (sulfide) groups is 2. The van der Waals surface area contributed by atoms with Gasteiger partial charge in [-0.05, 0) is 111 Å². The van der Waals surface area contributed by atoms with Gasteiger partial charge in [0.05, 0.1) is 97.8 Å². The highest BCUT2D eigenvalue weighted by molar-refractivity contribution is 7.99. The van der Waals surface area contributed by atoms with Gasteiger partial charge in [0.1, 0.15) is 6.04 Å². The second-order valence-electron chi connectivity index (χ2n) is 26.0. The molecule has 0 radical (unpaired) electrons. The van der Waals surface area contributed by atoms with E-state index in [0.29, 0.717) is 54.0 Å². The van der Waals surface area contributed by atoms with E-state index in [1.807, 2.05) is 96.9 Å². The van der Waals surface area contributed by atoms with E-state index in [2.05, 4.69) is 64.7 Å². The molecule has 4 aromatic rings. The highest BCUT2D eigenvalue weighted by Gasteiger charge is 2.43. The first-order valence-electron chi connectivity index (χ1n) is 33.9. The van der Waals surface area contributed by atoms with Crippen LogP contribution < -0.4 is 42.5 Å². The average Bonchev–Trinajstić information content (AvgIpc) is 1.05. The summed E-state index contributed by atoms with van der Waals surface area (Å²) in [6, 6.07) is 24.8. The van der Waals surface area contributed by atoms with Crippen LogP contribution in [0.25, 0.3) is 21.5 Å². The number of carbonyl (C=O) groups excluding carboxylic acids is 10. The summed E-state index contributed by atoms with van der Waals surface area (Å²) in [6.07, 6.45) is 0.619. The standard InChI is InChI=1S/C71H98N16O12S2/c1-13-44(6)66(86(10)71(97)64(42(2)3)83-70(96)65(43(4)5)85(8)9)57(98-11)33-63(93)87-29-19-22-56(87)67(99-12)45(7)68(94)80-49(34-78-84-72)30-46-23-26-48(27-24-46)79-62(92)39-76-60(90)37-74-58(88)35-73-59(89)36-75-61(91)38-77-69(95)47-25-28-52-53(31-47)82-55-41-101-51-21-18-16-14-15-17-20-50(32-51)100-40-54(55)81-52/h14-18,20-21,23-28,31-32,42-45,49,56-57,64-67H,13,19,22,29-30,33-41H2,1-12H3,(H,73,89)(H,74,88)(H,75,91)(H,76,90)(H,77,95)(H,79,92)(H,80,94)(H,83,96)/t44-,45+,49-,56-,57+,64-,65-,66-,67+/m0/s1. The van der Waals surface area contributed by atoms with Gasteiger partial charge in [-0.3, -0.25) is 52.8 Å². The van der Waals surface area contributed by atoms with Crippen molar-refractivity contribution in [2.24, 2.45) is 28.8 Å². The molecule has 2 aliphatic heterocycles. The zero-order valence-electron chi connectivity index (χ0n) is 59.7. The molecule has 2 aliphatic rings. The van der Waals surface area contributed by atoms with E-state index in [9.17, 15) is 53.5 Å². The maximum absolute atomic E-state index is 14.5. The van der Waals surface area contributed by atoms with Gasteiger partial charge in [-0.1, -0.05) is 102 Å². The molecule has 8 N–H and O–H groups in total. The number of nitrogens with zero attached hydrogens (tertiary/aromatic N) is 8. The Balaban J connectivity index is 0.902. The molecule has 10 amide bonds. The quantitative estimate of drug-likeness (QED) is 0.0163. The van der Waals surface area contributed by atoms with Crippen molar-refractivity contribution >= 4 is 99.3 Å². The number of fused-ring (bicyclic) bond motifs is 4. The summed E-state index contributed by atoms with van der Waals surface area (Å²) >= 11 is 3.30. The van der Waals surface area contributed by atoms with Gasteiger partial charge in [0, 0.05) is 77.9 Å². The summed E-state index contributed by atoms with van der Waals surface area (Å²) in [7, 11) is 8.37. The summed E-state index contributed by atoms with van der Waals surface area (Å²) in [5.74, 6) is -5.00. The minimum Gasteiger partial charge on any atom is -0.379 e. The number of aromatic nitrogens is 2. The average molecular weight is 1430 g/mol. The van der Waals surface area contributed by atoms with Crippen molar-refractivity contribution in [2.45, 2.75) is 144 Å². The van der Waals surface area contributed by atoms with Crippen LogP contribution in [-0.2, 0) is 70.6 Å². The molecule has 30 heteroatoms. The number of methoxy groups -OCH3 is 2. The lowest BCUT2D eigenvalue weighted by molar-refractivity contribution is -0.148. The Hall–Kier alpha value is -8.93. The van der Waals surface area contributed by atoms with Gasteiger partial charge >= 0.3 is 0 Å². The molecule has 0 saturated carbocycles. The summed E-state index contributed by atoms with van der Waals surface area (Å²) in [6.45, 7) is 11.3. The van der Waals surface area contributed by atoms with E-state index in [1.54, 1.807) is 89.8 Å².